The molecular weight excluding hydrogens is 346 g/mol. The minimum Gasteiger partial charge on any atom is -0.493 e. The first-order valence-electron chi connectivity index (χ1n) is 7.99. The van der Waals surface area contributed by atoms with E-state index in [1.165, 1.54) is 16.9 Å². The molecule has 1 aliphatic rings. The summed E-state index contributed by atoms with van der Waals surface area (Å²) in [5, 5.41) is 5.50. The van der Waals surface area contributed by atoms with Gasteiger partial charge in [-0.25, -0.2) is 0 Å². The standard InChI is InChI=1S/C18H23NO3S.ClH/c1-20-18-10-14(11-19-12-15-4-2-8-21-15)6-7-17(18)22-13-16-5-3-9-23-16;/h3,5-7,9-10,15,19H,2,4,8,11-13H2,1H3;1H. The summed E-state index contributed by atoms with van der Waals surface area (Å²) in [6.45, 7) is 3.18. The van der Waals surface area contributed by atoms with Crippen LogP contribution in [0, 0.1) is 0 Å². The molecule has 0 radical (unpaired) electrons. The summed E-state index contributed by atoms with van der Waals surface area (Å²) in [4.78, 5) is 1.20. The Bertz CT molecular complexity index is 600. The number of rotatable bonds is 8. The van der Waals surface area contributed by atoms with Crippen molar-refractivity contribution in [1.29, 1.82) is 0 Å². The summed E-state index contributed by atoms with van der Waals surface area (Å²) in [6.07, 6.45) is 2.70. The van der Waals surface area contributed by atoms with Crippen molar-refractivity contribution in [2.24, 2.45) is 0 Å². The minimum absolute atomic E-state index is 0. The van der Waals surface area contributed by atoms with Crippen LogP contribution in [-0.4, -0.2) is 26.4 Å². The van der Waals surface area contributed by atoms with Gasteiger partial charge in [-0.15, -0.1) is 23.7 Å². The summed E-state index contributed by atoms with van der Waals surface area (Å²) in [6, 6.07) is 10.2. The van der Waals surface area contributed by atoms with Crippen LogP contribution in [0.2, 0.25) is 0 Å². The summed E-state index contributed by atoms with van der Waals surface area (Å²) in [7, 11) is 1.68. The first kappa shape index (κ1) is 19.1. The Labute approximate surface area is 153 Å². The highest BCUT2D eigenvalue weighted by Gasteiger charge is 2.14. The molecular formula is C18H24ClNO3S. The average Bonchev–Trinajstić information content (AvgIpc) is 3.27. The number of halogens is 1. The monoisotopic (exact) mass is 369 g/mol. The average molecular weight is 370 g/mol. The highest BCUT2D eigenvalue weighted by Crippen LogP contribution is 2.29. The molecule has 0 spiro atoms. The molecule has 1 saturated heterocycles. The lowest BCUT2D eigenvalue weighted by molar-refractivity contribution is 0.110. The number of thiophene rings is 1. The van der Waals surface area contributed by atoms with Crippen LogP contribution < -0.4 is 14.8 Å². The van der Waals surface area contributed by atoms with E-state index in [2.05, 4.69) is 22.8 Å². The normalized spacial score (nSPS) is 16.6. The topological polar surface area (TPSA) is 39.7 Å². The maximum Gasteiger partial charge on any atom is 0.161 e. The summed E-state index contributed by atoms with van der Waals surface area (Å²) in [5.41, 5.74) is 1.18. The SMILES string of the molecule is COc1cc(CNCC2CCCO2)ccc1OCc1cccs1.Cl. The predicted octanol–water partition coefficient (Wildman–Crippen LogP) is 4.03. The van der Waals surface area contributed by atoms with Crippen molar-refractivity contribution in [3.05, 3.63) is 46.2 Å². The van der Waals surface area contributed by atoms with E-state index in [1.807, 2.05) is 18.2 Å². The molecule has 2 aromatic rings. The van der Waals surface area contributed by atoms with Gasteiger partial charge in [0.2, 0.25) is 0 Å². The number of hydrogen-bond donors (Lipinski definition) is 1. The van der Waals surface area contributed by atoms with Gasteiger partial charge in [-0.1, -0.05) is 12.1 Å². The van der Waals surface area contributed by atoms with Gasteiger partial charge in [-0.05, 0) is 42.0 Å². The van der Waals surface area contributed by atoms with Crippen LogP contribution in [0.1, 0.15) is 23.3 Å². The summed E-state index contributed by atoms with van der Waals surface area (Å²) in [5.74, 6) is 1.56. The molecule has 24 heavy (non-hydrogen) atoms. The minimum atomic E-state index is 0. The number of hydrogen-bond acceptors (Lipinski definition) is 5. The smallest absolute Gasteiger partial charge is 0.161 e. The quantitative estimate of drug-likeness (QED) is 0.762. The molecule has 2 heterocycles. The zero-order chi connectivity index (χ0) is 15.9. The van der Waals surface area contributed by atoms with Crippen molar-refractivity contribution in [2.75, 3.05) is 20.3 Å². The van der Waals surface area contributed by atoms with Crippen molar-refractivity contribution in [2.45, 2.75) is 32.1 Å². The number of ether oxygens (including phenoxy) is 3. The third-order valence-electron chi connectivity index (χ3n) is 3.90. The second-order valence-corrected chi connectivity index (χ2v) is 6.65. The maximum atomic E-state index is 5.86. The fourth-order valence-corrected chi connectivity index (χ4v) is 3.28. The van der Waals surface area contributed by atoms with Crippen molar-refractivity contribution in [3.63, 3.8) is 0 Å². The Balaban J connectivity index is 0.00000208. The molecule has 1 aromatic carbocycles. The Morgan fingerprint density at radius 3 is 2.92 bits per heavy atom. The second-order valence-electron chi connectivity index (χ2n) is 5.62. The van der Waals surface area contributed by atoms with E-state index in [9.17, 15) is 0 Å². The van der Waals surface area contributed by atoms with Gasteiger partial charge >= 0.3 is 0 Å². The van der Waals surface area contributed by atoms with Gasteiger partial charge in [0.15, 0.2) is 11.5 Å². The molecule has 132 valence electrons. The summed E-state index contributed by atoms with van der Waals surface area (Å²) < 4.78 is 16.9. The maximum absolute atomic E-state index is 5.86. The largest absolute Gasteiger partial charge is 0.493 e. The predicted molar refractivity (Wildman–Crippen MR) is 99.6 cm³/mol. The molecule has 1 N–H and O–H groups in total. The first-order valence-corrected chi connectivity index (χ1v) is 8.87. The van der Waals surface area contributed by atoms with Crippen LogP contribution in [0.4, 0.5) is 0 Å². The lowest BCUT2D eigenvalue weighted by Crippen LogP contribution is -2.25. The highest BCUT2D eigenvalue weighted by atomic mass is 35.5. The van der Waals surface area contributed by atoms with E-state index >= 15 is 0 Å². The Hall–Kier alpha value is -1.27. The van der Waals surface area contributed by atoms with Crippen molar-refractivity contribution < 1.29 is 14.2 Å². The van der Waals surface area contributed by atoms with Gasteiger partial charge in [0.1, 0.15) is 6.61 Å². The Morgan fingerprint density at radius 2 is 2.21 bits per heavy atom. The fourth-order valence-electron chi connectivity index (χ4n) is 2.67. The number of methoxy groups -OCH3 is 1. The third kappa shape index (κ3) is 5.38. The lowest BCUT2D eigenvalue weighted by atomic mass is 10.2. The van der Waals surface area contributed by atoms with Gasteiger partial charge < -0.3 is 19.5 Å². The molecule has 1 aliphatic heterocycles. The Kier molecular flexibility index (Phi) is 7.85. The third-order valence-corrected chi connectivity index (χ3v) is 4.75. The highest BCUT2D eigenvalue weighted by molar-refractivity contribution is 7.09. The van der Waals surface area contributed by atoms with E-state index in [1.54, 1.807) is 18.4 Å². The number of nitrogens with one attached hydrogen (secondary N) is 1. The van der Waals surface area contributed by atoms with Gasteiger partial charge in [0.25, 0.3) is 0 Å². The molecule has 1 fully saturated rings. The molecule has 1 atom stereocenters. The molecule has 6 heteroatoms. The van der Waals surface area contributed by atoms with Gasteiger partial charge in [0.05, 0.1) is 13.2 Å². The molecule has 0 amide bonds. The van der Waals surface area contributed by atoms with Gasteiger partial charge in [0, 0.05) is 24.6 Å². The molecule has 4 nitrogen and oxygen atoms in total. The van der Waals surface area contributed by atoms with Crippen molar-refractivity contribution in [1.82, 2.24) is 5.32 Å². The van der Waals surface area contributed by atoms with Crippen LogP contribution in [0.3, 0.4) is 0 Å². The Morgan fingerprint density at radius 1 is 1.29 bits per heavy atom. The molecule has 1 unspecified atom stereocenters. The zero-order valence-corrected chi connectivity index (χ0v) is 15.5. The van der Waals surface area contributed by atoms with Crippen molar-refractivity contribution in [3.8, 4) is 11.5 Å². The molecule has 0 aliphatic carbocycles. The zero-order valence-electron chi connectivity index (χ0n) is 13.8. The van der Waals surface area contributed by atoms with E-state index in [-0.39, 0.29) is 12.4 Å². The van der Waals surface area contributed by atoms with E-state index in [0.29, 0.717) is 12.7 Å². The van der Waals surface area contributed by atoms with E-state index in [0.717, 1.165) is 37.6 Å². The molecule has 0 saturated carbocycles. The van der Waals surface area contributed by atoms with Crippen LogP contribution in [-0.2, 0) is 17.9 Å². The van der Waals surface area contributed by atoms with Crippen molar-refractivity contribution >= 4 is 23.7 Å². The van der Waals surface area contributed by atoms with Crippen LogP contribution in [0.15, 0.2) is 35.7 Å². The van der Waals surface area contributed by atoms with Gasteiger partial charge in [-0.2, -0.15) is 0 Å². The van der Waals surface area contributed by atoms with E-state index in [4.69, 9.17) is 14.2 Å². The molecule has 0 bridgehead atoms. The number of benzene rings is 1. The second kappa shape index (κ2) is 9.89. The van der Waals surface area contributed by atoms with Crippen LogP contribution in [0.5, 0.6) is 11.5 Å². The van der Waals surface area contributed by atoms with Crippen LogP contribution >= 0.6 is 23.7 Å². The fraction of sp³-hybridized carbons (Fsp3) is 0.444. The lowest BCUT2D eigenvalue weighted by Gasteiger charge is -2.13. The van der Waals surface area contributed by atoms with Gasteiger partial charge in [-0.3, -0.25) is 0 Å². The van der Waals surface area contributed by atoms with Crippen LogP contribution in [0.25, 0.3) is 0 Å². The van der Waals surface area contributed by atoms with E-state index < -0.39 is 0 Å². The summed E-state index contributed by atoms with van der Waals surface area (Å²) >= 11 is 1.69. The first-order chi connectivity index (χ1) is 11.3. The molecule has 3 rings (SSSR count). The molecule has 1 aromatic heterocycles.